The molecular formula is C15H19ClN4. The highest BCUT2D eigenvalue weighted by Gasteiger charge is 2.07. The molecule has 106 valence electrons. The maximum absolute atomic E-state index is 6.01. The van der Waals surface area contributed by atoms with Gasteiger partial charge in [0.2, 0.25) is 0 Å². The maximum atomic E-state index is 6.01. The van der Waals surface area contributed by atoms with E-state index < -0.39 is 0 Å². The van der Waals surface area contributed by atoms with E-state index >= 15 is 0 Å². The molecule has 0 amide bonds. The molecule has 0 aliphatic heterocycles. The molecule has 0 aliphatic rings. The van der Waals surface area contributed by atoms with Gasteiger partial charge in [-0.15, -0.1) is 0 Å². The Morgan fingerprint density at radius 3 is 2.75 bits per heavy atom. The first kappa shape index (κ1) is 14.6. The Morgan fingerprint density at radius 2 is 2.00 bits per heavy atom. The molecule has 0 aliphatic carbocycles. The minimum atomic E-state index is 0.127. The summed E-state index contributed by atoms with van der Waals surface area (Å²) in [4.78, 5) is 8.43. The molecule has 1 aromatic carbocycles. The van der Waals surface area contributed by atoms with E-state index in [4.69, 9.17) is 11.6 Å². The zero-order chi connectivity index (χ0) is 14.4. The van der Waals surface area contributed by atoms with Gasteiger partial charge >= 0.3 is 0 Å². The molecule has 0 fully saturated rings. The van der Waals surface area contributed by atoms with Gasteiger partial charge in [-0.3, -0.25) is 0 Å². The van der Waals surface area contributed by atoms with Gasteiger partial charge in [0.1, 0.15) is 18.0 Å². The summed E-state index contributed by atoms with van der Waals surface area (Å²) in [6.45, 7) is 5.10. The average molecular weight is 291 g/mol. The Bertz CT molecular complexity index is 559. The van der Waals surface area contributed by atoms with E-state index in [2.05, 4.69) is 34.4 Å². The van der Waals surface area contributed by atoms with Gasteiger partial charge in [0.15, 0.2) is 0 Å². The Balaban J connectivity index is 2.05. The lowest BCUT2D eigenvalue weighted by molar-refractivity contribution is 0.871. The zero-order valence-corrected chi connectivity index (χ0v) is 12.5. The molecule has 2 aromatic rings. The van der Waals surface area contributed by atoms with Gasteiger partial charge in [-0.1, -0.05) is 30.7 Å². The number of nitrogens with zero attached hydrogens (tertiary/aromatic N) is 2. The standard InChI is InChI=1S/C15H19ClN4/c1-3-7-17-14-9-15(19-10-18-14)20-11(2)12-5-4-6-13(16)8-12/h4-6,8-11H,3,7H2,1-2H3,(H2,17,18,19,20). The fourth-order valence-electron chi connectivity index (χ4n) is 1.87. The van der Waals surface area contributed by atoms with Gasteiger partial charge in [-0.2, -0.15) is 0 Å². The van der Waals surface area contributed by atoms with Crippen LogP contribution in [0.4, 0.5) is 11.6 Å². The lowest BCUT2D eigenvalue weighted by Crippen LogP contribution is -2.09. The van der Waals surface area contributed by atoms with Crippen LogP contribution in [0.1, 0.15) is 31.9 Å². The second-order valence-corrected chi connectivity index (χ2v) is 5.07. The molecule has 0 spiro atoms. The van der Waals surface area contributed by atoms with Crippen molar-refractivity contribution in [3.63, 3.8) is 0 Å². The van der Waals surface area contributed by atoms with Gasteiger partial charge in [0, 0.05) is 23.7 Å². The largest absolute Gasteiger partial charge is 0.370 e. The van der Waals surface area contributed by atoms with Crippen LogP contribution >= 0.6 is 11.6 Å². The minimum absolute atomic E-state index is 0.127. The highest BCUT2D eigenvalue weighted by molar-refractivity contribution is 6.30. The van der Waals surface area contributed by atoms with E-state index in [1.807, 2.05) is 30.3 Å². The number of hydrogen-bond acceptors (Lipinski definition) is 4. The van der Waals surface area contributed by atoms with Gasteiger partial charge in [0.05, 0.1) is 0 Å². The minimum Gasteiger partial charge on any atom is -0.370 e. The lowest BCUT2D eigenvalue weighted by Gasteiger charge is -2.15. The number of benzene rings is 1. The molecule has 1 heterocycles. The number of aromatic nitrogens is 2. The average Bonchev–Trinajstić information content (AvgIpc) is 2.45. The molecular weight excluding hydrogens is 272 g/mol. The van der Waals surface area contributed by atoms with Crippen LogP contribution in [0.2, 0.25) is 5.02 Å². The highest BCUT2D eigenvalue weighted by Crippen LogP contribution is 2.21. The summed E-state index contributed by atoms with van der Waals surface area (Å²) in [6, 6.07) is 9.86. The van der Waals surface area contributed by atoms with Crippen LogP contribution in [-0.4, -0.2) is 16.5 Å². The summed E-state index contributed by atoms with van der Waals surface area (Å²) < 4.78 is 0. The monoisotopic (exact) mass is 290 g/mol. The third-order valence-electron chi connectivity index (χ3n) is 2.94. The van der Waals surface area contributed by atoms with Crippen molar-refractivity contribution in [1.29, 1.82) is 0 Å². The predicted octanol–water partition coefficient (Wildman–Crippen LogP) is 4.13. The molecule has 2 rings (SSSR count). The molecule has 2 N–H and O–H groups in total. The molecule has 1 atom stereocenters. The topological polar surface area (TPSA) is 49.8 Å². The van der Waals surface area contributed by atoms with Crippen molar-refractivity contribution < 1.29 is 0 Å². The number of anilines is 2. The van der Waals surface area contributed by atoms with Crippen molar-refractivity contribution in [3.05, 3.63) is 47.2 Å². The Morgan fingerprint density at radius 1 is 1.20 bits per heavy atom. The van der Waals surface area contributed by atoms with E-state index in [-0.39, 0.29) is 6.04 Å². The normalized spacial score (nSPS) is 11.9. The zero-order valence-electron chi connectivity index (χ0n) is 11.7. The third-order valence-corrected chi connectivity index (χ3v) is 3.17. The molecule has 0 saturated heterocycles. The molecule has 20 heavy (non-hydrogen) atoms. The summed E-state index contributed by atoms with van der Waals surface area (Å²) in [5.74, 6) is 1.63. The smallest absolute Gasteiger partial charge is 0.131 e. The lowest BCUT2D eigenvalue weighted by atomic mass is 10.1. The van der Waals surface area contributed by atoms with Gasteiger partial charge in [0.25, 0.3) is 0 Å². The predicted molar refractivity (Wildman–Crippen MR) is 84.3 cm³/mol. The van der Waals surface area contributed by atoms with Crippen LogP contribution in [0.3, 0.4) is 0 Å². The van der Waals surface area contributed by atoms with E-state index in [1.165, 1.54) is 0 Å². The second-order valence-electron chi connectivity index (χ2n) is 4.64. The van der Waals surface area contributed by atoms with Crippen LogP contribution in [0.25, 0.3) is 0 Å². The number of nitrogens with one attached hydrogen (secondary N) is 2. The van der Waals surface area contributed by atoms with E-state index in [0.717, 1.165) is 35.2 Å². The molecule has 0 bridgehead atoms. The first-order chi connectivity index (χ1) is 9.69. The van der Waals surface area contributed by atoms with Crippen LogP contribution in [0.5, 0.6) is 0 Å². The van der Waals surface area contributed by atoms with Gasteiger partial charge in [-0.05, 0) is 31.0 Å². The Labute approximate surface area is 124 Å². The van der Waals surface area contributed by atoms with Crippen molar-refractivity contribution in [2.45, 2.75) is 26.3 Å². The fraction of sp³-hybridized carbons (Fsp3) is 0.333. The van der Waals surface area contributed by atoms with Crippen molar-refractivity contribution in [2.24, 2.45) is 0 Å². The van der Waals surface area contributed by atoms with E-state index in [9.17, 15) is 0 Å². The summed E-state index contributed by atoms with van der Waals surface area (Å²) in [6.07, 6.45) is 2.62. The number of hydrogen-bond donors (Lipinski definition) is 2. The van der Waals surface area contributed by atoms with Crippen LogP contribution in [0.15, 0.2) is 36.7 Å². The van der Waals surface area contributed by atoms with E-state index in [1.54, 1.807) is 6.33 Å². The van der Waals surface area contributed by atoms with Crippen molar-refractivity contribution in [3.8, 4) is 0 Å². The van der Waals surface area contributed by atoms with Gasteiger partial charge < -0.3 is 10.6 Å². The second kappa shape index (κ2) is 7.10. The fourth-order valence-corrected chi connectivity index (χ4v) is 2.07. The molecule has 0 radical (unpaired) electrons. The molecule has 0 saturated carbocycles. The number of rotatable bonds is 6. The highest BCUT2D eigenvalue weighted by atomic mass is 35.5. The maximum Gasteiger partial charge on any atom is 0.131 e. The SMILES string of the molecule is CCCNc1cc(NC(C)c2cccc(Cl)c2)ncn1. The Kier molecular flexibility index (Phi) is 5.18. The first-order valence-electron chi connectivity index (χ1n) is 6.77. The first-order valence-corrected chi connectivity index (χ1v) is 7.14. The summed E-state index contributed by atoms with van der Waals surface area (Å²) >= 11 is 6.01. The van der Waals surface area contributed by atoms with Crippen molar-refractivity contribution in [1.82, 2.24) is 9.97 Å². The third kappa shape index (κ3) is 4.10. The summed E-state index contributed by atoms with van der Waals surface area (Å²) in [5, 5.41) is 7.34. The van der Waals surface area contributed by atoms with E-state index in [0.29, 0.717) is 0 Å². The van der Waals surface area contributed by atoms with Gasteiger partial charge in [-0.25, -0.2) is 9.97 Å². The van der Waals surface area contributed by atoms with Crippen molar-refractivity contribution in [2.75, 3.05) is 17.2 Å². The molecule has 5 heteroatoms. The number of halogens is 1. The van der Waals surface area contributed by atoms with Crippen LogP contribution in [-0.2, 0) is 0 Å². The molecule has 1 unspecified atom stereocenters. The van der Waals surface area contributed by atoms with Crippen LogP contribution in [0, 0.1) is 0 Å². The summed E-state index contributed by atoms with van der Waals surface area (Å²) in [5.41, 5.74) is 1.12. The van der Waals surface area contributed by atoms with Crippen LogP contribution < -0.4 is 10.6 Å². The quantitative estimate of drug-likeness (QED) is 0.840. The molecule has 1 aromatic heterocycles. The summed E-state index contributed by atoms with van der Waals surface area (Å²) in [7, 11) is 0. The van der Waals surface area contributed by atoms with Crippen molar-refractivity contribution >= 4 is 23.2 Å². The molecule has 4 nitrogen and oxygen atoms in total. The Hall–Kier alpha value is -1.81.